The minimum atomic E-state index is 0.497. The van der Waals surface area contributed by atoms with E-state index in [0.29, 0.717) is 17.7 Å². The van der Waals surface area contributed by atoms with Crippen LogP contribution in [0.2, 0.25) is 0 Å². The van der Waals surface area contributed by atoms with Crippen molar-refractivity contribution in [1.82, 2.24) is 9.97 Å². The minimum Gasteiger partial charge on any atom is -0.384 e. The second-order valence-electron chi connectivity index (χ2n) is 3.08. The Morgan fingerprint density at radius 2 is 2.33 bits per heavy atom. The Morgan fingerprint density at radius 3 is 2.92 bits per heavy atom. The molecule has 1 heterocycles. The fourth-order valence-corrected chi connectivity index (χ4v) is 0.753. The van der Waals surface area contributed by atoms with Crippen molar-refractivity contribution in [2.45, 2.75) is 13.8 Å². The third kappa shape index (κ3) is 2.74. The number of nitrogens with two attached hydrogens (primary N) is 1. The number of nitrogens with one attached hydrogen (secondary N) is 1. The Kier molecular flexibility index (Phi) is 2.85. The quantitative estimate of drug-likeness (QED) is 0.706. The molecule has 0 atom stereocenters. The lowest BCUT2D eigenvalue weighted by Gasteiger charge is -2.06. The molecule has 0 saturated heterocycles. The SMILES string of the molecule is CC(C)CNc1nccc(N)n1. The molecular weight excluding hydrogens is 152 g/mol. The molecular formula is C8H14N4. The van der Waals surface area contributed by atoms with Gasteiger partial charge in [0.2, 0.25) is 5.95 Å². The van der Waals surface area contributed by atoms with Gasteiger partial charge in [-0.1, -0.05) is 13.8 Å². The monoisotopic (exact) mass is 166 g/mol. The van der Waals surface area contributed by atoms with Crippen molar-refractivity contribution in [3.63, 3.8) is 0 Å². The lowest BCUT2D eigenvalue weighted by Crippen LogP contribution is -2.10. The lowest BCUT2D eigenvalue weighted by atomic mass is 10.2. The fraction of sp³-hybridized carbons (Fsp3) is 0.500. The van der Waals surface area contributed by atoms with Gasteiger partial charge in [0.05, 0.1) is 0 Å². The Hall–Kier alpha value is -1.32. The van der Waals surface area contributed by atoms with E-state index >= 15 is 0 Å². The molecule has 4 nitrogen and oxygen atoms in total. The molecule has 0 aliphatic rings. The van der Waals surface area contributed by atoms with Crippen LogP contribution in [0.25, 0.3) is 0 Å². The highest BCUT2D eigenvalue weighted by atomic mass is 15.1. The second-order valence-corrected chi connectivity index (χ2v) is 3.08. The molecule has 0 fully saturated rings. The summed E-state index contributed by atoms with van der Waals surface area (Å²) in [6.07, 6.45) is 1.64. The van der Waals surface area contributed by atoms with Crippen molar-refractivity contribution >= 4 is 11.8 Å². The molecule has 0 bridgehead atoms. The largest absolute Gasteiger partial charge is 0.384 e. The topological polar surface area (TPSA) is 63.8 Å². The van der Waals surface area contributed by atoms with E-state index in [4.69, 9.17) is 5.73 Å². The molecule has 1 rings (SSSR count). The Balaban J connectivity index is 2.52. The van der Waals surface area contributed by atoms with Gasteiger partial charge in [0.1, 0.15) is 5.82 Å². The van der Waals surface area contributed by atoms with Crippen molar-refractivity contribution in [2.24, 2.45) is 5.92 Å². The number of hydrogen-bond acceptors (Lipinski definition) is 4. The first-order chi connectivity index (χ1) is 5.68. The van der Waals surface area contributed by atoms with Gasteiger partial charge in [0.15, 0.2) is 0 Å². The molecule has 0 aliphatic heterocycles. The lowest BCUT2D eigenvalue weighted by molar-refractivity contribution is 0.684. The first-order valence-corrected chi connectivity index (χ1v) is 4.01. The molecule has 1 aromatic heterocycles. The summed E-state index contributed by atoms with van der Waals surface area (Å²) in [5.74, 6) is 1.68. The van der Waals surface area contributed by atoms with Crippen LogP contribution in [0.5, 0.6) is 0 Å². The zero-order valence-electron chi connectivity index (χ0n) is 7.41. The fourth-order valence-electron chi connectivity index (χ4n) is 0.753. The van der Waals surface area contributed by atoms with Crippen molar-refractivity contribution in [2.75, 3.05) is 17.6 Å². The van der Waals surface area contributed by atoms with E-state index in [-0.39, 0.29) is 0 Å². The van der Waals surface area contributed by atoms with E-state index in [9.17, 15) is 0 Å². The second kappa shape index (κ2) is 3.90. The van der Waals surface area contributed by atoms with Gasteiger partial charge in [-0.3, -0.25) is 0 Å². The van der Waals surface area contributed by atoms with Gasteiger partial charge < -0.3 is 11.1 Å². The Labute approximate surface area is 72.2 Å². The van der Waals surface area contributed by atoms with Gasteiger partial charge in [-0.2, -0.15) is 4.98 Å². The third-order valence-electron chi connectivity index (χ3n) is 1.35. The van der Waals surface area contributed by atoms with Gasteiger partial charge >= 0.3 is 0 Å². The number of aromatic nitrogens is 2. The van der Waals surface area contributed by atoms with Crippen LogP contribution in [0.15, 0.2) is 12.3 Å². The van der Waals surface area contributed by atoms with Crippen LogP contribution in [-0.2, 0) is 0 Å². The van der Waals surface area contributed by atoms with Gasteiger partial charge in [-0.25, -0.2) is 4.98 Å². The summed E-state index contributed by atoms with van der Waals surface area (Å²) in [6.45, 7) is 5.11. The van der Waals surface area contributed by atoms with Gasteiger partial charge in [0.25, 0.3) is 0 Å². The first kappa shape index (κ1) is 8.77. The summed E-state index contributed by atoms with van der Waals surface area (Å²) in [7, 11) is 0. The molecule has 1 aromatic rings. The van der Waals surface area contributed by atoms with Crippen LogP contribution in [0.3, 0.4) is 0 Å². The van der Waals surface area contributed by atoms with Crippen LogP contribution in [-0.4, -0.2) is 16.5 Å². The number of rotatable bonds is 3. The maximum Gasteiger partial charge on any atom is 0.224 e. The number of nitrogen functional groups attached to an aromatic ring is 1. The van der Waals surface area contributed by atoms with E-state index in [2.05, 4.69) is 29.1 Å². The molecule has 0 spiro atoms. The van der Waals surface area contributed by atoms with Crippen LogP contribution in [0.1, 0.15) is 13.8 Å². The molecule has 0 radical (unpaired) electrons. The van der Waals surface area contributed by atoms with Crippen LogP contribution < -0.4 is 11.1 Å². The zero-order valence-corrected chi connectivity index (χ0v) is 7.41. The van der Waals surface area contributed by atoms with Gasteiger partial charge in [0, 0.05) is 12.7 Å². The minimum absolute atomic E-state index is 0.497. The number of nitrogens with zero attached hydrogens (tertiary/aromatic N) is 2. The smallest absolute Gasteiger partial charge is 0.224 e. The van der Waals surface area contributed by atoms with Gasteiger partial charge in [-0.05, 0) is 12.0 Å². The van der Waals surface area contributed by atoms with Crippen LogP contribution in [0, 0.1) is 5.92 Å². The van der Waals surface area contributed by atoms with E-state index < -0.39 is 0 Å². The standard InChI is InChI=1S/C8H14N4/c1-6(2)5-11-8-10-4-3-7(9)12-8/h3-4,6H,5H2,1-2H3,(H3,9,10,11,12). The average molecular weight is 166 g/mol. The summed E-state index contributed by atoms with van der Waals surface area (Å²) in [5.41, 5.74) is 5.47. The molecule has 0 amide bonds. The maximum atomic E-state index is 5.47. The van der Waals surface area contributed by atoms with Gasteiger partial charge in [-0.15, -0.1) is 0 Å². The molecule has 3 N–H and O–H groups in total. The number of anilines is 2. The summed E-state index contributed by atoms with van der Waals surface area (Å²) in [5, 5.41) is 3.08. The summed E-state index contributed by atoms with van der Waals surface area (Å²) in [4.78, 5) is 8.01. The highest BCUT2D eigenvalue weighted by Gasteiger charge is 1.96. The molecule has 4 heteroatoms. The van der Waals surface area contributed by atoms with Crippen LogP contribution in [0.4, 0.5) is 11.8 Å². The highest BCUT2D eigenvalue weighted by molar-refractivity contribution is 5.34. The average Bonchev–Trinajstić information content (AvgIpc) is 2.01. The third-order valence-corrected chi connectivity index (χ3v) is 1.35. The van der Waals surface area contributed by atoms with E-state index in [1.165, 1.54) is 0 Å². The summed E-state index contributed by atoms with van der Waals surface area (Å²) >= 11 is 0. The van der Waals surface area contributed by atoms with E-state index in [1.807, 2.05) is 0 Å². The Bertz CT molecular complexity index is 247. The molecule has 0 saturated carbocycles. The summed E-state index contributed by atoms with van der Waals surface area (Å²) in [6, 6.07) is 1.67. The Morgan fingerprint density at radius 1 is 1.58 bits per heavy atom. The van der Waals surface area contributed by atoms with E-state index in [0.717, 1.165) is 6.54 Å². The maximum absolute atomic E-state index is 5.47. The first-order valence-electron chi connectivity index (χ1n) is 4.01. The number of hydrogen-bond donors (Lipinski definition) is 2. The van der Waals surface area contributed by atoms with Crippen LogP contribution >= 0.6 is 0 Å². The predicted molar refractivity (Wildman–Crippen MR) is 49.8 cm³/mol. The van der Waals surface area contributed by atoms with Crippen molar-refractivity contribution in [1.29, 1.82) is 0 Å². The normalized spacial score (nSPS) is 10.2. The van der Waals surface area contributed by atoms with E-state index in [1.54, 1.807) is 12.3 Å². The zero-order chi connectivity index (χ0) is 8.97. The van der Waals surface area contributed by atoms with Crippen molar-refractivity contribution in [3.05, 3.63) is 12.3 Å². The van der Waals surface area contributed by atoms with Crippen molar-refractivity contribution in [3.8, 4) is 0 Å². The molecule has 0 aliphatic carbocycles. The predicted octanol–water partition coefficient (Wildman–Crippen LogP) is 1.13. The molecule has 12 heavy (non-hydrogen) atoms. The molecule has 0 aromatic carbocycles. The van der Waals surface area contributed by atoms with Crippen molar-refractivity contribution < 1.29 is 0 Å². The molecule has 0 unspecified atom stereocenters. The molecule has 66 valence electrons. The summed E-state index contributed by atoms with van der Waals surface area (Å²) < 4.78 is 0. The highest BCUT2D eigenvalue weighted by Crippen LogP contribution is 2.01.